The molecule has 0 aliphatic heterocycles. The van der Waals surface area contributed by atoms with E-state index in [2.05, 4.69) is 0 Å². The molecular formula is C18H28O9. The van der Waals surface area contributed by atoms with Gasteiger partial charge in [-0.25, -0.2) is 0 Å². The Bertz CT molecular complexity index is 545. The molecule has 0 unspecified atom stereocenters. The van der Waals surface area contributed by atoms with Gasteiger partial charge in [-0.3, -0.25) is 19.2 Å². The molecule has 0 heterocycles. The van der Waals surface area contributed by atoms with Crippen LogP contribution >= 0.6 is 0 Å². The summed E-state index contributed by atoms with van der Waals surface area (Å²) in [5.74, 6) is -2.79. The van der Waals surface area contributed by atoms with Crippen molar-refractivity contribution >= 4 is 23.9 Å². The molecule has 1 aliphatic carbocycles. The largest absolute Gasteiger partial charge is 0.465 e. The van der Waals surface area contributed by atoms with Crippen LogP contribution in [-0.2, 0) is 42.9 Å². The standard InChI is InChI=1S/C18H28O9/c1-6-7-23-15-8-14(9-24-10(2)19)16(25-11(3)20)18(27-13(5)22)17(15)26-12(4)21/h14-18H,6-9H2,1-5H3/t14-,15+,16+,17+,18+/m1/s1. The van der Waals surface area contributed by atoms with E-state index < -0.39 is 54.2 Å². The molecule has 27 heavy (non-hydrogen) atoms. The van der Waals surface area contributed by atoms with E-state index in [1.165, 1.54) is 27.7 Å². The highest BCUT2D eigenvalue weighted by molar-refractivity contribution is 5.68. The van der Waals surface area contributed by atoms with E-state index in [-0.39, 0.29) is 6.61 Å². The van der Waals surface area contributed by atoms with Crippen molar-refractivity contribution in [1.29, 1.82) is 0 Å². The Labute approximate surface area is 158 Å². The number of hydrogen-bond acceptors (Lipinski definition) is 9. The Morgan fingerprint density at radius 2 is 1.30 bits per heavy atom. The third-order valence-electron chi connectivity index (χ3n) is 3.96. The Hall–Kier alpha value is -2.16. The summed E-state index contributed by atoms with van der Waals surface area (Å²) >= 11 is 0. The number of rotatable bonds is 8. The molecule has 1 aliphatic rings. The summed E-state index contributed by atoms with van der Waals surface area (Å²) in [6.07, 6.45) is -2.56. The van der Waals surface area contributed by atoms with Crippen LogP contribution < -0.4 is 0 Å². The van der Waals surface area contributed by atoms with Crippen molar-refractivity contribution < 1.29 is 42.9 Å². The van der Waals surface area contributed by atoms with Gasteiger partial charge in [-0.2, -0.15) is 0 Å². The summed E-state index contributed by atoms with van der Waals surface area (Å²) in [5.41, 5.74) is 0. The van der Waals surface area contributed by atoms with Gasteiger partial charge in [0.15, 0.2) is 12.2 Å². The second kappa shape index (κ2) is 10.9. The van der Waals surface area contributed by atoms with Crippen molar-refractivity contribution in [1.82, 2.24) is 0 Å². The molecule has 154 valence electrons. The molecule has 0 bridgehead atoms. The van der Waals surface area contributed by atoms with E-state index in [4.69, 9.17) is 23.7 Å². The molecule has 1 fully saturated rings. The molecule has 9 nitrogen and oxygen atoms in total. The molecule has 0 saturated heterocycles. The van der Waals surface area contributed by atoms with Gasteiger partial charge in [0.1, 0.15) is 6.10 Å². The summed E-state index contributed by atoms with van der Waals surface area (Å²) in [6.45, 7) is 7.18. The van der Waals surface area contributed by atoms with Crippen molar-refractivity contribution in [3.8, 4) is 0 Å². The van der Waals surface area contributed by atoms with Crippen LogP contribution in [-0.4, -0.2) is 61.5 Å². The monoisotopic (exact) mass is 388 g/mol. The van der Waals surface area contributed by atoms with Gasteiger partial charge in [-0.05, 0) is 12.8 Å². The Morgan fingerprint density at radius 3 is 1.78 bits per heavy atom. The lowest BCUT2D eigenvalue weighted by Gasteiger charge is -2.44. The van der Waals surface area contributed by atoms with Crippen LogP contribution in [0.25, 0.3) is 0 Å². The number of carbonyl (C=O) groups excluding carboxylic acids is 4. The maximum Gasteiger partial charge on any atom is 0.303 e. The first-order chi connectivity index (χ1) is 12.6. The van der Waals surface area contributed by atoms with E-state index in [1.54, 1.807) is 0 Å². The predicted molar refractivity (Wildman–Crippen MR) is 91.4 cm³/mol. The van der Waals surface area contributed by atoms with Gasteiger partial charge >= 0.3 is 23.9 Å². The average Bonchev–Trinajstić information content (AvgIpc) is 2.54. The molecule has 1 rings (SSSR count). The molecular weight excluding hydrogens is 360 g/mol. The van der Waals surface area contributed by atoms with E-state index in [0.717, 1.165) is 6.42 Å². The van der Waals surface area contributed by atoms with Crippen molar-refractivity contribution in [2.75, 3.05) is 13.2 Å². The highest BCUT2D eigenvalue weighted by Gasteiger charge is 2.51. The van der Waals surface area contributed by atoms with Gasteiger partial charge in [0, 0.05) is 40.2 Å². The molecule has 0 aromatic rings. The number of esters is 4. The lowest BCUT2D eigenvalue weighted by molar-refractivity contribution is -0.221. The summed E-state index contributed by atoms with van der Waals surface area (Å²) in [5, 5.41) is 0. The van der Waals surface area contributed by atoms with Gasteiger partial charge in [0.25, 0.3) is 0 Å². The Balaban J connectivity index is 3.22. The van der Waals surface area contributed by atoms with Crippen molar-refractivity contribution in [3.05, 3.63) is 0 Å². The van der Waals surface area contributed by atoms with Crippen LogP contribution in [0.1, 0.15) is 47.5 Å². The molecule has 0 aromatic carbocycles. The maximum atomic E-state index is 11.6. The maximum absolute atomic E-state index is 11.6. The second-order valence-electron chi connectivity index (χ2n) is 6.43. The minimum atomic E-state index is -1.08. The number of hydrogen-bond donors (Lipinski definition) is 0. The van der Waals surface area contributed by atoms with E-state index in [1.807, 2.05) is 6.92 Å². The van der Waals surface area contributed by atoms with Gasteiger partial charge in [0.05, 0.1) is 12.7 Å². The topological polar surface area (TPSA) is 114 Å². The number of carbonyl (C=O) groups is 4. The van der Waals surface area contributed by atoms with Crippen LogP contribution in [0.4, 0.5) is 0 Å². The Kier molecular flexibility index (Phi) is 9.20. The van der Waals surface area contributed by atoms with Crippen molar-refractivity contribution in [3.63, 3.8) is 0 Å². The van der Waals surface area contributed by atoms with Crippen molar-refractivity contribution in [2.24, 2.45) is 5.92 Å². The molecule has 0 radical (unpaired) electrons. The fourth-order valence-electron chi connectivity index (χ4n) is 3.07. The van der Waals surface area contributed by atoms with Gasteiger partial charge in [-0.1, -0.05) is 6.92 Å². The zero-order valence-electron chi connectivity index (χ0n) is 16.4. The first-order valence-electron chi connectivity index (χ1n) is 8.92. The molecule has 5 atom stereocenters. The minimum absolute atomic E-state index is 0.0518. The van der Waals surface area contributed by atoms with E-state index in [0.29, 0.717) is 13.0 Å². The highest BCUT2D eigenvalue weighted by atomic mass is 16.6. The van der Waals surface area contributed by atoms with Gasteiger partial charge in [-0.15, -0.1) is 0 Å². The third kappa shape index (κ3) is 7.54. The van der Waals surface area contributed by atoms with Crippen LogP contribution in [0.5, 0.6) is 0 Å². The van der Waals surface area contributed by atoms with Crippen LogP contribution in [0, 0.1) is 5.92 Å². The SMILES string of the molecule is CCCO[C@H]1C[C@H](COC(C)=O)[C@H](OC(C)=O)[C@H](OC(C)=O)[C@H]1OC(C)=O. The first kappa shape index (κ1) is 22.9. The molecule has 9 heteroatoms. The Morgan fingerprint density at radius 1 is 0.778 bits per heavy atom. The summed E-state index contributed by atoms with van der Waals surface area (Å²) in [4.78, 5) is 46.1. The predicted octanol–water partition coefficient (Wildman–Crippen LogP) is 1.16. The molecule has 0 spiro atoms. The van der Waals surface area contributed by atoms with Crippen LogP contribution in [0.15, 0.2) is 0 Å². The van der Waals surface area contributed by atoms with E-state index >= 15 is 0 Å². The van der Waals surface area contributed by atoms with Gasteiger partial charge < -0.3 is 23.7 Å². The van der Waals surface area contributed by atoms with Gasteiger partial charge in [0.2, 0.25) is 0 Å². The average molecular weight is 388 g/mol. The smallest absolute Gasteiger partial charge is 0.303 e. The zero-order valence-corrected chi connectivity index (χ0v) is 16.4. The third-order valence-corrected chi connectivity index (χ3v) is 3.96. The molecule has 1 saturated carbocycles. The van der Waals surface area contributed by atoms with Crippen molar-refractivity contribution in [2.45, 2.75) is 71.9 Å². The lowest BCUT2D eigenvalue weighted by Crippen LogP contribution is -2.59. The molecule has 0 N–H and O–H groups in total. The molecule has 0 aromatic heterocycles. The minimum Gasteiger partial charge on any atom is -0.465 e. The summed E-state index contributed by atoms with van der Waals surface area (Å²) in [7, 11) is 0. The highest BCUT2D eigenvalue weighted by Crippen LogP contribution is 2.34. The fourth-order valence-corrected chi connectivity index (χ4v) is 3.07. The quantitative estimate of drug-likeness (QED) is 0.446. The van der Waals surface area contributed by atoms with Crippen LogP contribution in [0.3, 0.4) is 0 Å². The summed E-state index contributed by atoms with van der Waals surface area (Å²) < 4.78 is 27.0. The zero-order chi connectivity index (χ0) is 20.6. The lowest BCUT2D eigenvalue weighted by atomic mass is 9.80. The van der Waals surface area contributed by atoms with E-state index in [9.17, 15) is 19.2 Å². The fraction of sp³-hybridized carbons (Fsp3) is 0.778. The first-order valence-corrected chi connectivity index (χ1v) is 8.92. The van der Waals surface area contributed by atoms with Crippen LogP contribution in [0.2, 0.25) is 0 Å². The molecule has 0 amide bonds. The second-order valence-corrected chi connectivity index (χ2v) is 6.43. The number of ether oxygens (including phenoxy) is 5. The summed E-state index contributed by atoms with van der Waals surface area (Å²) in [6, 6.07) is 0. The normalized spacial score (nSPS) is 27.4.